The number of amides is 1. The molecule has 1 fully saturated rings. The molecule has 0 aliphatic carbocycles. The van der Waals surface area contributed by atoms with Crippen LogP contribution in [0.1, 0.15) is 28.8 Å². The Morgan fingerprint density at radius 2 is 1.96 bits per heavy atom. The second-order valence-electron chi connectivity index (χ2n) is 7.65. The first-order valence-electron chi connectivity index (χ1n) is 10.0. The third-order valence-electron chi connectivity index (χ3n) is 5.63. The van der Waals surface area contributed by atoms with Gasteiger partial charge in [0.05, 0.1) is 11.9 Å². The zero-order chi connectivity index (χ0) is 19.3. The Balaban J connectivity index is 1.21. The van der Waals surface area contributed by atoms with Crippen LogP contribution in [-0.4, -0.2) is 51.5 Å². The van der Waals surface area contributed by atoms with Crippen molar-refractivity contribution in [3.05, 3.63) is 60.0 Å². The summed E-state index contributed by atoms with van der Waals surface area (Å²) in [6, 6.07) is 12.5. The van der Waals surface area contributed by atoms with E-state index in [4.69, 9.17) is 0 Å². The summed E-state index contributed by atoms with van der Waals surface area (Å²) in [5.74, 6) is 0.482. The Kier molecular flexibility index (Phi) is 5.67. The van der Waals surface area contributed by atoms with Gasteiger partial charge in [-0.2, -0.15) is 0 Å². The van der Waals surface area contributed by atoms with Crippen LogP contribution in [0.4, 0.5) is 0 Å². The van der Waals surface area contributed by atoms with Crippen LogP contribution < -0.4 is 5.32 Å². The number of carbonyl (C=O) groups is 1. The number of rotatable bonds is 6. The molecule has 1 amide bonds. The molecule has 1 N–H and O–H groups in total. The molecule has 146 valence electrons. The number of aryl methyl sites for hydroxylation is 1. The van der Waals surface area contributed by atoms with Crippen LogP contribution in [0.5, 0.6) is 0 Å². The van der Waals surface area contributed by atoms with Crippen molar-refractivity contribution < 1.29 is 4.79 Å². The molecule has 1 aliphatic heterocycles. The van der Waals surface area contributed by atoms with Crippen LogP contribution in [-0.2, 0) is 13.5 Å². The summed E-state index contributed by atoms with van der Waals surface area (Å²) in [6.45, 7) is 4.05. The SMILES string of the molecule is Cn1cnc2cc(C(=O)NCC3CCN(CCc4ccccc4)CC3)cnc21. The molecule has 1 saturated heterocycles. The Morgan fingerprint density at radius 3 is 2.75 bits per heavy atom. The first-order chi connectivity index (χ1) is 13.7. The third kappa shape index (κ3) is 4.39. The zero-order valence-corrected chi connectivity index (χ0v) is 16.3. The van der Waals surface area contributed by atoms with Crippen molar-refractivity contribution in [3.63, 3.8) is 0 Å². The summed E-state index contributed by atoms with van der Waals surface area (Å²) >= 11 is 0. The first kappa shape index (κ1) is 18.6. The number of aromatic nitrogens is 3. The fraction of sp³-hybridized carbons (Fsp3) is 0.409. The number of carbonyl (C=O) groups excluding carboxylic acids is 1. The minimum atomic E-state index is -0.0634. The number of fused-ring (bicyclic) bond motifs is 1. The van der Waals surface area contributed by atoms with Gasteiger partial charge < -0.3 is 14.8 Å². The van der Waals surface area contributed by atoms with Gasteiger partial charge in [0.1, 0.15) is 5.52 Å². The number of benzene rings is 1. The van der Waals surface area contributed by atoms with Gasteiger partial charge in [-0.1, -0.05) is 30.3 Å². The monoisotopic (exact) mass is 377 g/mol. The number of likely N-dealkylation sites (tertiary alicyclic amines) is 1. The number of nitrogens with zero attached hydrogens (tertiary/aromatic N) is 4. The molecule has 1 aromatic carbocycles. The minimum absolute atomic E-state index is 0.0634. The highest BCUT2D eigenvalue weighted by Gasteiger charge is 2.20. The molecule has 0 saturated carbocycles. The number of pyridine rings is 1. The van der Waals surface area contributed by atoms with Gasteiger partial charge in [0.2, 0.25) is 0 Å². The van der Waals surface area contributed by atoms with Crippen LogP contribution in [0.15, 0.2) is 48.9 Å². The van der Waals surface area contributed by atoms with E-state index in [1.165, 1.54) is 5.56 Å². The van der Waals surface area contributed by atoms with Gasteiger partial charge in [0, 0.05) is 26.3 Å². The lowest BCUT2D eigenvalue weighted by Gasteiger charge is -2.32. The maximum atomic E-state index is 12.5. The summed E-state index contributed by atoms with van der Waals surface area (Å²) in [5, 5.41) is 3.08. The number of piperidine rings is 1. The fourth-order valence-electron chi connectivity index (χ4n) is 3.83. The highest BCUT2D eigenvalue weighted by Crippen LogP contribution is 2.17. The molecule has 0 spiro atoms. The molecular formula is C22H27N5O. The average Bonchev–Trinajstić information content (AvgIpc) is 3.12. The summed E-state index contributed by atoms with van der Waals surface area (Å²) in [7, 11) is 1.90. The van der Waals surface area contributed by atoms with E-state index in [2.05, 4.69) is 50.5 Å². The Morgan fingerprint density at radius 1 is 1.18 bits per heavy atom. The van der Waals surface area contributed by atoms with Gasteiger partial charge in [-0.3, -0.25) is 4.79 Å². The smallest absolute Gasteiger partial charge is 0.252 e. The van der Waals surface area contributed by atoms with E-state index >= 15 is 0 Å². The van der Waals surface area contributed by atoms with Gasteiger partial charge in [-0.25, -0.2) is 9.97 Å². The van der Waals surface area contributed by atoms with Crippen LogP contribution >= 0.6 is 0 Å². The molecule has 2 aromatic heterocycles. The second kappa shape index (κ2) is 8.52. The molecule has 6 heteroatoms. The molecule has 0 atom stereocenters. The normalized spacial score (nSPS) is 15.8. The molecule has 6 nitrogen and oxygen atoms in total. The molecular weight excluding hydrogens is 350 g/mol. The van der Waals surface area contributed by atoms with Crippen LogP contribution in [0.3, 0.4) is 0 Å². The lowest BCUT2D eigenvalue weighted by Crippen LogP contribution is -2.39. The van der Waals surface area contributed by atoms with Crippen LogP contribution in [0.2, 0.25) is 0 Å². The third-order valence-corrected chi connectivity index (χ3v) is 5.63. The molecule has 3 aromatic rings. The number of nitrogens with one attached hydrogen (secondary N) is 1. The molecule has 28 heavy (non-hydrogen) atoms. The van der Waals surface area contributed by atoms with Crippen molar-refractivity contribution in [2.45, 2.75) is 19.3 Å². The zero-order valence-electron chi connectivity index (χ0n) is 16.3. The fourth-order valence-corrected chi connectivity index (χ4v) is 3.83. The standard InChI is InChI=1S/C22H27N5O/c1-26-16-25-20-13-19(15-23-21(20)26)22(28)24-14-18-8-11-27(12-9-18)10-7-17-5-3-2-4-6-17/h2-6,13,15-16,18H,7-12,14H2,1H3,(H,24,28). The summed E-state index contributed by atoms with van der Waals surface area (Å²) in [5.41, 5.74) is 3.52. The van der Waals surface area contributed by atoms with E-state index in [-0.39, 0.29) is 5.91 Å². The van der Waals surface area contributed by atoms with Gasteiger partial charge in [-0.05, 0) is 49.9 Å². The van der Waals surface area contributed by atoms with E-state index in [9.17, 15) is 4.79 Å². The van der Waals surface area contributed by atoms with E-state index in [1.54, 1.807) is 12.5 Å². The van der Waals surface area contributed by atoms with Crippen molar-refractivity contribution in [1.82, 2.24) is 24.8 Å². The van der Waals surface area contributed by atoms with E-state index < -0.39 is 0 Å². The lowest BCUT2D eigenvalue weighted by atomic mass is 9.96. The Bertz CT molecular complexity index is 929. The second-order valence-corrected chi connectivity index (χ2v) is 7.65. The summed E-state index contributed by atoms with van der Waals surface area (Å²) in [6.07, 6.45) is 6.71. The summed E-state index contributed by atoms with van der Waals surface area (Å²) < 4.78 is 1.85. The minimum Gasteiger partial charge on any atom is -0.352 e. The predicted molar refractivity (Wildman–Crippen MR) is 110 cm³/mol. The number of imidazole rings is 1. The highest BCUT2D eigenvalue weighted by molar-refractivity contribution is 5.96. The summed E-state index contributed by atoms with van der Waals surface area (Å²) in [4.78, 5) is 23.6. The molecule has 0 radical (unpaired) electrons. The first-order valence-corrected chi connectivity index (χ1v) is 10.0. The van der Waals surface area contributed by atoms with Gasteiger partial charge in [0.15, 0.2) is 5.65 Å². The quantitative estimate of drug-likeness (QED) is 0.717. The van der Waals surface area contributed by atoms with Gasteiger partial charge in [-0.15, -0.1) is 0 Å². The Hall–Kier alpha value is -2.73. The van der Waals surface area contributed by atoms with Crippen molar-refractivity contribution in [2.24, 2.45) is 13.0 Å². The molecule has 0 bridgehead atoms. The maximum Gasteiger partial charge on any atom is 0.252 e. The van der Waals surface area contributed by atoms with Crippen LogP contribution in [0, 0.1) is 5.92 Å². The molecule has 4 rings (SSSR count). The van der Waals surface area contributed by atoms with E-state index in [0.29, 0.717) is 11.5 Å². The van der Waals surface area contributed by atoms with Gasteiger partial charge in [0.25, 0.3) is 5.91 Å². The predicted octanol–water partition coefficient (Wildman–Crippen LogP) is 2.65. The van der Waals surface area contributed by atoms with Crippen molar-refractivity contribution >= 4 is 17.1 Å². The molecule has 3 heterocycles. The highest BCUT2D eigenvalue weighted by atomic mass is 16.1. The van der Waals surface area contributed by atoms with Gasteiger partial charge >= 0.3 is 0 Å². The Labute approximate surface area is 165 Å². The topological polar surface area (TPSA) is 63.1 Å². The van der Waals surface area contributed by atoms with E-state index in [1.807, 2.05) is 17.7 Å². The number of hydrogen-bond acceptors (Lipinski definition) is 4. The molecule has 1 aliphatic rings. The van der Waals surface area contributed by atoms with Crippen molar-refractivity contribution in [1.29, 1.82) is 0 Å². The molecule has 0 unspecified atom stereocenters. The lowest BCUT2D eigenvalue weighted by molar-refractivity contribution is 0.0936. The average molecular weight is 377 g/mol. The van der Waals surface area contributed by atoms with Crippen molar-refractivity contribution in [2.75, 3.05) is 26.2 Å². The van der Waals surface area contributed by atoms with E-state index in [0.717, 1.165) is 56.6 Å². The largest absolute Gasteiger partial charge is 0.352 e. The maximum absolute atomic E-state index is 12.5. The van der Waals surface area contributed by atoms with Crippen molar-refractivity contribution in [3.8, 4) is 0 Å². The van der Waals surface area contributed by atoms with Crippen LogP contribution in [0.25, 0.3) is 11.2 Å². The number of hydrogen-bond donors (Lipinski definition) is 1.